The van der Waals surface area contributed by atoms with Crippen LogP contribution in [-0.2, 0) is 20.7 Å². The number of alkyl halides is 3. The minimum absolute atomic E-state index is 0.00492. The Labute approximate surface area is 137 Å². The highest BCUT2D eigenvalue weighted by atomic mass is 19.4. The molecule has 24 heavy (non-hydrogen) atoms. The van der Waals surface area contributed by atoms with Gasteiger partial charge in [0.15, 0.2) is 0 Å². The fraction of sp³-hybridized carbons (Fsp3) is 0.467. The summed E-state index contributed by atoms with van der Waals surface area (Å²) in [6, 6.07) is 4.54. The minimum atomic E-state index is -4.48. The molecule has 0 saturated carbocycles. The number of halogens is 3. The van der Waals surface area contributed by atoms with Gasteiger partial charge >= 0.3 is 12.1 Å². The number of ether oxygens (including phenoxy) is 1. The molecule has 1 rings (SSSR count). The van der Waals surface area contributed by atoms with Crippen LogP contribution >= 0.6 is 0 Å². The van der Waals surface area contributed by atoms with E-state index in [1.165, 1.54) is 24.3 Å². The zero-order chi connectivity index (χ0) is 18.2. The molecule has 1 aromatic carbocycles. The zero-order valence-corrected chi connectivity index (χ0v) is 13.0. The Balaban J connectivity index is 2.70. The average Bonchev–Trinajstić information content (AvgIpc) is 2.50. The molecule has 0 spiro atoms. The molecule has 0 aliphatic carbocycles. The molecule has 1 amide bonds. The molecule has 0 aromatic heterocycles. The summed E-state index contributed by atoms with van der Waals surface area (Å²) in [4.78, 5) is 23.3. The van der Waals surface area contributed by atoms with Crippen molar-refractivity contribution in [3.05, 3.63) is 29.8 Å². The number of phenolic OH excluding ortho intramolecular Hbond substituents is 1. The first-order valence-electron chi connectivity index (χ1n) is 7.22. The van der Waals surface area contributed by atoms with Gasteiger partial charge in [0.1, 0.15) is 12.3 Å². The van der Waals surface area contributed by atoms with E-state index in [0.29, 0.717) is 5.56 Å². The maximum atomic E-state index is 12.4. The van der Waals surface area contributed by atoms with Crippen LogP contribution in [0.15, 0.2) is 24.3 Å². The first-order chi connectivity index (χ1) is 11.2. The molecule has 0 unspecified atom stereocenters. The molecule has 9 heteroatoms. The van der Waals surface area contributed by atoms with Gasteiger partial charge in [-0.2, -0.15) is 13.2 Å². The maximum Gasteiger partial charge on any atom is 0.401 e. The van der Waals surface area contributed by atoms with E-state index in [0.717, 1.165) is 0 Å². The van der Waals surface area contributed by atoms with Gasteiger partial charge in [-0.15, -0.1) is 0 Å². The molecule has 0 radical (unpaired) electrons. The number of esters is 1. The highest BCUT2D eigenvalue weighted by Gasteiger charge is 2.30. The molecule has 0 bridgehead atoms. The van der Waals surface area contributed by atoms with E-state index in [4.69, 9.17) is 0 Å². The normalized spacial score (nSPS) is 12.5. The lowest BCUT2D eigenvalue weighted by molar-refractivity contribution is -0.144. The largest absolute Gasteiger partial charge is 0.508 e. The Morgan fingerprint density at radius 3 is 2.42 bits per heavy atom. The summed E-state index contributed by atoms with van der Waals surface area (Å²) < 4.78 is 41.8. The van der Waals surface area contributed by atoms with Gasteiger partial charge in [-0.1, -0.05) is 12.1 Å². The Morgan fingerprint density at radius 1 is 1.25 bits per heavy atom. The standard InChI is InChI=1S/C15H19F3N2O4/c1-2-24-13(22)8-19-14(23)12(20-9-15(16,17)18)7-10-3-5-11(21)6-4-10/h3-6,12,20-21H,2,7-9H2,1H3,(H,19,23)/t12-/m0/s1. The smallest absolute Gasteiger partial charge is 0.401 e. The summed E-state index contributed by atoms with van der Waals surface area (Å²) in [5, 5.41) is 13.6. The van der Waals surface area contributed by atoms with Gasteiger partial charge in [0.2, 0.25) is 5.91 Å². The first-order valence-corrected chi connectivity index (χ1v) is 7.22. The molecular weight excluding hydrogens is 329 g/mol. The van der Waals surface area contributed by atoms with E-state index in [2.05, 4.69) is 15.4 Å². The van der Waals surface area contributed by atoms with Gasteiger partial charge in [-0.05, 0) is 31.0 Å². The molecule has 0 aliphatic rings. The average molecular weight is 348 g/mol. The maximum absolute atomic E-state index is 12.4. The molecule has 6 nitrogen and oxygen atoms in total. The van der Waals surface area contributed by atoms with Crippen molar-refractivity contribution in [2.45, 2.75) is 25.6 Å². The van der Waals surface area contributed by atoms with Crippen molar-refractivity contribution < 1.29 is 32.6 Å². The van der Waals surface area contributed by atoms with E-state index < -0.39 is 37.2 Å². The van der Waals surface area contributed by atoms with Crippen molar-refractivity contribution >= 4 is 11.9 Å². The van der Waals surface area contributed by atoms with Crippen molar-refractivity contribution in [3.8, 4) is 5.75 Å². The van der Waals surface area contributed by atoms with Crippen molar-refractivity contribution in [2.24, 2.45) is 0 Å². The topological polar surface area (TPSA) is 87.7 Å². The summed E-state index contributed by atoms with van der Waals surface area (Å²) in [6.07, 6.45) is -4.51. The molecule has 1 atom stereocenters. The highest BCUT2D eigenvalue weighted by molar-refractivity contribution is 5.85. The van der Waals surface area contributed by atoms with Crippen molar-refractivity contribution in [2.75, 3.05) is 19.7 Å². The molecule has 0 heterocycles. The van der Waals surface area contributed by atoms with Crippen molar-refractivity contribution in [1.29, 1.82) is 0 Å². The van der Waals surface area contributed by atoms with Crippen LogP contribution < -0.4 is 10.6 Å². The van der Waals surface area contributed by atoms with Gasteiger partial charge in [0.05, 0.1) is 19.2 Å². The first kappa shape index (κ1) is 19.8. The van der Waals surface area contributed by atoms with Gasteiger partial charge in [0.25, 0.3) is 0 Å². The Bertz CT molecular complexity index is 547. The molecule has 3 N–H and O–H groups in total. The van der Waals surface area contributed by atoms with Gasteiger partial charge < -0.3 is 15.2 Å². The number of rotatable bonds is 8. The lowest BCUT2D eigenvalue weighted by atomic mass is 10.0. The molecule has 0 fully saturated rings. The van der Waals surface area contributed by atoms with Crippen LogP contribution in [0.2, 0.25) is 0 Å². The van der Waals surface area contributed by atoms with Crippen LogP contribution in [-0.4, -0.2) is 48.9 Å². The van der Waals surface area contributed by atoms with Crippen LogP contribution in [0.3, 0.4) is 0 Å². The second kappa shape index (κ2) is 9.11. The fourth-order valence-corrected chi connectivity index (χ4v) is 1.86. The third kappa shape index (κ3) is 7.82. The molecular formula is C15H19F3N2O4. The number of amides is 1. The summed E-state index contributed by atoms with van der Waals surface area (Å²) >= 11 is 0. The number of hydrogen-bond acceptors (Lipinski definition) is 5. The number of carbonyl (C=O) groups excluding carboxylic acids is 2. The molecule has 134 valence electrons. The van der Waals surface area contributed by atoms with E-state index in [-0.39, 0.29) is 18.8 Å². The third-order valence-electron chi connectivity index (χ3n) is 2.95. The third-order valence-corrected chi connectivity index (χ3v) is 2.95. The summed E-state index contributed by atoms with van der Waals surface area (Å²) in [6.45, 7) is -0.0365. The van der Waals surface area contributed by atoms with Gasteiger partial charge in [0, 0.05) is 0 Å². The summed E-state index contributed by atoms with van der Waals surface area (Å²) in [7, 11) is 0. The van der Waals surface area contributed by atoms with Crippen LogP contribution in [0.1, 0.15) is 12.5 Å². The second-order valence-electron chi connectivity index (χ2n) is 4.94. The Hall–Kier alpha value is -2.29. The quantitative estimate of drug-likeness (QED) is 0.613. The van der Waals surface area contributed by atoms with Crippen LogP contribution in [0.4, 0.5) is 13.2 Å². The van der Waals surface area contributed by atoms with E-state index in [1.54, 1.807) is 6.92 Å². The number of hydrogen-bond donors (Lipinski definition) is 3. The monoisotopic (exact) mass is 348 g/mol. The number of aromatic hydroxyl groups is 1. The van der Waals surface area contributed by atoms with E-state index >= 15 is 0 Å². The van der Waals surface area contributed by atoms with Crippen LogP contribution in [0, 0.1) is 0 Å². The van der Waals surface area contributed by atoms with Crippen LogP contribution in [0.5, 0.6) is 5.75 Å². The van der Waals surface area contributed by atoms with Crippen molar-refractivity contribution in [3.63, 3.8) is 0 Å². The Kier molecular flexibility index (Phi) is 7.50. The van der Waals surface area contributed by atoms with Gasteiger partial charge in [-0.3, -0.25) is 14.9 Å². The number of carbonyl (C=O) groups is 2. The lowest BCUT2D eigenvalue weighted by Gasteiger charge is -2.19. The number of nitrogens with one attached hydrogen (secondary N) is 2. The lowest BCUT2D eigenvalue weighted by Crippen LogP contribution is -2.49. The van der Waals surface area contributed by atoms with Crippen LogP contribution in [0.25, 0.3) is 0 Å². The summed E-state index contributed by atoms with van der Waals surface area (Å²) in [5.74, 6) is -1.42. The SMILES string of the molecule is CCOC(=O)CNC(=O)[C@H](Cc1ccc(O)cc1)NCC(F)(F)F. The molecule has 1 aromatic rings. The van der Waals surface area contributed by atoms with E-state index in [1.807, 2.05) is 0 Å². The number of phenols is 1. The molecule has 0 saturated heterocycles. The van der Waals surface area contributed by atoms with E-state index in [9.17, 15) is 27.9 Å². The predicted molar refractivity (Wildman–Crippen MR) is 79.3 cm³/mol. The summed E-state index contributed by atoms with van der Waals surface area (Å²) in [5.41, 5.74) is 0.554. The Morgan fingerprint density at radius 2 is 1.88 bits per heavy atom. The highest BCUT2D eigenvalue weighted by Crippen LogP contribution is 2.15. The number of benzene rings is 1. The minimum Gasteiger partial charge on any atom is -0.508 e. The predicted octanol–water partition coefficient (Wildman–Crippen LogP) is 1.13. The second-order valence-corrected chi connectivity index (χ2v) is 4.94. The van der Waals surface area contributed by atoms with Gasteiger partial charge in [-0.25, -0.2) is 0 Å². The molecule has 0 aliphatic heterocycles. The van der Waals surface area contributed by atoms with Crippen molar-refractivity contribution in [1.82, 2.24) is 10.6 Å². The zero-order valence-electron chi connectivity index (χ0n) is 13.0. The fourth-order valence-electron chi connectivity index (χ4n) is 1.86.